The van der Waals surface area contributed by atoms with Crippen LogP contribution in [0.15, 0.2) is 77.6 Å². The highest BCUT2D eigenvalue weighted by molar-refractivity contribution is 6.00. The van der Waals surface area contributed by atoms with E-state index in [9.17, 15) is 29.1 Å². The molecule has 3 unspecified atom stereocenters. The van der Waals surface area contributed by atoms with Crippen LogP contribution in [0.1, 0.15) is 84.5 Å². The fraction of sp³-hybridized carbons (Fsp3) is 0.473. The smallest absolute Gasteiger partial charge is 0.329 e. The summed E-state index contributed by atoms with van der Waals surface area (Å²) in [5.74, 6) is 7.49. The van der Waals surface area contributed by atoms with E-state index >= 15 is 0 Å². The highest BCUT2D eigenvalue weighted by atomic mass is 16.3. The minimum Gasteiger partial charge on any atom is -0.390 e. The number of anilines is 2. The Hall–Kier alpha value is -6.47. The Morgan fingerprint density at radius 1 is 0.814 bits per heavy atom. The number of hydrogen-bond donors (Lipinski definition) is 5. The van der Waals surface area contributed by atoms with Crippen LogP contribution in [0.3, 0.4) is 0 Å². The van der Waals surface area contributed by atoms with Crippen LogP contribution in [0, 0.1) is 36.5 Å². The molecule has 3 atom stereocenters. The molecule has 10 rings (SSSR count). The number of β-amino-alcohol motifs (C(OH)–C–C–N with tert-alkyl or cyclic N) is 1. The van der Waals surface area contributed by atoms with Crippen LogP contribution in [-0.2, 0) is 28.0 Å². The van der Waals surface area contributed by atoms with Gasteiger partial charge < -0.3 is 35.8 Å². The Balaban J connectivity index is 0.668. The second-order valence-electron chi connectivity index (χ2n) is 20.2. The average Bonchev–Trinajstić information content (AvgIpc) is 3.90. The molecule has 70 heavy (non-hydrogen) atoms. The molecule has 0 aliphatic carbocycles. The van der Waals surface area contributed by atoms with Gasteiger partial charge in [0.15, 0.2) is 0 Å². The molecule has 366 valence electrons. The number of carbonyl (C=O) groups is 4. The van der Waals surface area contributed by atoms with E-state index in [4.69, 9.17) is 0 Å². The Morgan fingerprint density at radius 2 is 1.59 bits per heavy atom. The van der Waals surface area contributed by atoms with Crippen molar-refractivity contribution >= 4 is 56.8 Å². The topological polar surface area (TPSA) is 173 Å². The van der Waals surface area contributed by atoms with Gasteiger partial charge in [-0.15, -0.1) is 0 Å². The maximum atomic E-state index is 13.8. The van der Waals surface area contributed by atoms with Gasteiger partial charge in [-0.2, -0.15) is 0 Å². The zero-order valence-corrected chi connectivity index (χ0v) is 40.3. The SMILES string of the molecule is Cc1ccc(NC2CNCC2O)cc1C(=O)NCc1ccc(C#CC2CCN(CC3CCN(C(=O)C4CCN(c5ccc6c(c5)n(C)c(=O)n6C5CCC(=O)NC5=O)CC4)CC3)CC2)c2ccccc12. The maximum Gasteiger partial charge on any atom is 0.329 e. The second-order valence-corrected chi connectivity index (χ2v) is 20.2. The summed E-state index contributed by atoms with van der Waals surface area (Å²) in [4.78, 5) is 71.9. The van der Waals surface area contributed by atoms with Gasteiger partial charge in [-0.25, -0.2) is 4.79 Å². The van der Waals surface area contributed by atoms with Crippen molar-refractivity contribution in [3.05, 3.63) is 106 Å². The Bertz CT molecular complexity index is 2930. The van der Waals surface area contributed by atoms with Gasteiger partial charge in [0.05, 0.1) is 23.2 Å². The molecule has 5 fully saturated rings. The highest BCUT2D eigenvalue weighted by Gasteiger charge is 2.34. The molecule has 4 amide bonds. The van der Waals surface area contributed by atoms with E-state index in [1.165, 1.54) is 4.57 Å². The number of piperidine rings is 4. The summed E-state index contributed by atoms with van der Waals surface area (Å²) in [5.41, 5.74) is 6.49. The molecule has 15 heteroatoms. The molecular weight excluding hydrogens is 883 g/mol. The number of aliphatic hydroxyl groups excluding tert-OH is 1. The molecule has 0 saturated carbocycles. The summed E-state index contributed by atoms with van der Waals surface area (Å²) in [6.45, 7) is 9.83. The summed E-state index contributed by atoms with van der Waals surface area (Å²) in [6, 6.07) is 23.3. The lowest BCUT2D eigenvalue weighted by atomic mass is 9.90. The molecule has 0 bridgehead atoms. The predicted molar refractivity (Wildman–Crippen MR) is 271 cm³/mol. The summed E-state index contributed by atoms with van der Waals surface area (Å²) in [6.07, 6.45) is 5.75. The monoisotopic (exact) mass is 948 g/mol. The number of fused-ring (bicyclic) bond motifs is 2. The first kappa shape index (κ1) is 47.2. The van der Waals surface area contributed by atoms with Crippen LogP contribution in [0.5, 0.6) is 0 Å². The van der Waals surface area contributed by atoms with Gasteiger partial charge in [0.25, 0.3) is 5.91 Å². The minimum atomic E-state index is -0.715. The lowest BCUT2D eigenvalue weighted by Gasteiger charge is -2.39. The molecule has 0 radical (unpaired) electrons. The number of benzene rings is 4. The third-order valence-corrected chi connectivity index (χ3v) is 15.7. The first-order chi connectivity index (χ1) is 34.0. The fourth-order valence-electron chi connectivity index (χ4n) is 11.4. The number of imidazole rings is 1. The van der Waals surface area contributed by atoms with Crippen molar-refractivity contribution in [1.82, 2.24) is 34.9 Å². The predicted octanol–water partition coefficient (Wildman–Crippen LogP) is 4.67. The van der Waals surface area contributed by atoms with Gasteiger partial charge in [-0.3, -0.25) is 33.6 Å². The number of aliphatic hydroxyl groups is 1. The lowest BCUT2D eigenvalue weighted by molar-refractivity contribution is -0.138. The largest absolute Gasteiger partial charge is 0.390 e. The Kier molecular flexibility index (Phi) is 13.8. The van der Waals surface area contributed by atoms with E-state index in [1.807, 2.05) is 55.5 Å². The normalized spacial score (nSPS) is 22.0. The number of carbonyl (C=O) groups excluding carboxylic acids is 4. The van der Waals surface area contributed by atoms with Crippen molar-refractivity contribution < 1.29 is 24.3 Å². The van der Waals surface area contributed by atoms with Gasteiger partial charge in [0.2, 0.25) is 17.7 Å². The van der Waals surface area contributed by atoms with Crippen LogP contribution in [0.2, 0.25) is 0 Å². The third-order valence-electron chi connectivity index (χ3n) is 15.7. The van der Waals surface area contributed by atoms with E-state index in [0.29, 0.717) is 49.0 Å². The molecule has 1 aromatic heterocycles. The van der Waals surface area contributed by atoms with Gasteiger partial charge in [0.1, 0.15) is 6.04 Å². The molecule has 15 nitrogen and oxygen atoms in total. The lowest BCUT2D eigenvalue weighted by Crippen LogP contribution is -2.47. The first-order valence-corrected chi connectivity index (χ1v) is 25.3. The second kappa shape index (κ2) is 20.5. The Labute approximate surface area is 408 Å². The van der Waals surface area contributed by atoms with Crippen LogP contribution >= 0.6 is 0 Å². The molecule has 0 spiro atoms. The average molecular weight is 948 g/mol. The summed E-state index contributed by atoms with van der Waals surface area (Å²) < 4.78 is 3.08. The van der Waals surface area contributed by atoms with Gasteiger partial charge in [0, 0.05) is 100 Å². The van der Waals surface area contributed by atoms with Crippen LogP contribution in [-0.4, -0.2) is 119 Å². The number of nitrogens with one attached hydrogen (secondary N) is 4. The molecular formula is C55H65N9O6. The van der Waals surface area contributed by atoms with Crippen LogP contribution < -0.4 is 31.9 Å². The van der Waals surface area contributed by atoms with Crippen molar-refractivity contribution in [3.63, 3.8) is 0 Å². The molecule has 5 N–H and O–H groups in total. The molecule has 5 aromatic rings. The molecule has 4 aromatic carbocycles. The zero-order chi connectivity index (χ0) is 48.5. The highest BCUT2D eigenvalue weighted by Crippen LogP contribution is 2.32. The molecule has 5 saturated heterocycles. The van der Waals surface area contributed by atoms with E-state index < -0.39 is 18.1 Å². The minimum absolute atomic E-state index is 0.0110. The number of hydrogen-bond acceptors (Lipinski definition) is 10. The van der Waals surface area contributed by atoms with E-state index in [0.717, 1.165) is 129 Å². The number of nitrogens with zero attached hydrogens (tertiary/aromatic N) is 5. The number of likely N-dealkylation sites (tertiary alicyclic amines) is 2. The van der Waals surface area contributed by atoms with Gasteiger partial charge >= 0.3 is 5.69 Å². The van der Waals surface area contributed by atoms with Crippen molar-refractivity contribution in [2.45, 2.75) is 83.0 Å². The number of aryl methyl sites for hydroxylation is 2. The number of aromatic nitrogens is 2. The summed E-state index contributed by atoms with van der Waals surface area (Å²) in [5, 5.41) is 24.5. The number of imide groups is 1. The van der Waals surface area contributed by atoms with Gasteiger partial charge in [-0.05, 0) is 129 Å². The van der Waals surface area contributed by atoms with Crippen molar-refractivity contribution in [2.24, 2.45) is 24.8 Å². The zero-order valence-electron chi connectivity index (χ0n) is 40.3. The summed E-state index contributed by atoms with van der Waals surface area (Å²) in [7, 11) is 1.71. The van der Waals surface area contributed by atoms with Crippen molar-refractivity contribution in [2.75, 3.05) is 69.1 Å². The fourth-order valence-corrected chi connectivity index (χ4v) is 11.4. The molecule has 5 aliphatic rings. The van der Waals surface area contributed by atoms with E-state index in [-0.39, 0.29) is 41.8 Å². The van der Waals surface area contributed by atoms with E-state index in [2.05, 4.69) is 72.1 Å². The summed E-state index contributed by atoms with van der Waals surface area (Å²) >= 11 is 0. The van der Waals surface area contributed by atoms with E-state index in [1.54, 1.807) is 11.6 Å². The molecule has 5 aliphatic heterocycles. The number of amides is 4. The standard InChI is InChI=1S/C55H65N9O6/c1-35-7-12-41(58-46-32-56-33-50(46)65)29-45(35)52(67)57-31-40-11-10-38(43-5-3-4-6-44(40)43)9-8-36-17-23-61(24-18-36)34-37-19-25-63(26-20-37)54(69)39-21-27-62(28-22-39)42-13-14-47-49(30-42)60(2)55(70)64(47)48-15-16-51(66)59-53(48)68/h3-7,10-14,29-30,36-37,39,46,48,50,56,58,65H,15-28,31-34H2,1-2H3,(H,57,67)(H,59,66,68). The quantitative estimate of drug-likeness (QED) is 0.0979. The van der Waals surface area contributed by atoms with Gasteiger partial charge in [-0.1, -0.05) is 48.2 Å². The van der Waals surface area contributed by atoms with Crippen LogP contribution in [0.25, 0.3) is 21.8 Å². The molecule has 6 heterocycles. The van der Waals surface area contributed by atoms with Crippen molar-refractivity contribution in [1.29, 1.82) is 0 Å². The third kappa shape index (κ3) is 9.95. The first-order valence-electron chi connectivity index (χ1n) is 25.3. The maximum absolute atomic E-state index is 13.8. The Morgan fingerprint density at radius 3 is 2.33 bits per heavy atom. The van der Waals surface area contributed by atoms with Crippen molar-refractivity contribution in [3.8, 4) is 11.8 Å². The number of rotatable bonds is 10. The van der Waals surface area contributed by atoms with Crippen LogP contribution in [0.4, 0.5) is 11.4 Å².